The van der Waals surface area contributed by atoms with Crippen LogP contribution in [-0.4, -0.2) is 43.3 Å². The molecule has 208 valence electrons. The number of ether oxygens (including phenoxy) is 1. The highest BCUT2D eigenvalue weighted by Gasteiger charge is 2.38. The topological polar surface area (TPSA) is 50.3 Å². The number of aryl methyl sites for hydroxylation is 1. The number of methoxy groups -OCH3 is 1. The van der Waals surface area contributed by atoms with E-state index in [1.165, 1.54) is 43.6 Å². The van der Waals surface area contributed by atoms with E-state index >= 15 is 0 Å². The molecular weight excluding hydrogens is 516 g/mol. The van der Waals surface area contributed by atoms with Gasteiger partial charge >= 0.3 is 0 Å². The van der Waals surface area contributed by atoms with Gasteiger partial charge in [0.2, 0.25) is 0 Å². The molecule has 0 amide bonds. The van der Waals surface area contributed by atoms with Crippen molar-refractivity contribution in [1.29, 1.82) is 0 Å². The van der Waals surface area contributed by atoms with Crippen LogP contribution in [-0.2, 0) is 6.42 Å². The zero-order valence-electron chi connectivity index (χ0n) is 23.9. The average molecular weight is 551 g/mol. The van der Waals surface area contributed by atoms with Crippen LogP contribution in [0.2, 0.25) is 0 Å². The maximum atomic E-state index is 6.19. The molecule has 8 rings (SSSR count). The summed E-state index contributed by atoms with van der Waals surface area (Å²) in [4.78, 5) is 12.5. The molecule has 1 aliphatic carbocycles. The second-order valence-corrected chi connectivity index (χ2v) is 11.5. The first-order chi connectivity index (χ1) is 20.8. The van der Waals surface area contributed by atoms with Gasteiger partial charge in [0.1, 0.15) is 5.75 Å². The van der Waals surface area contributed by atoms with Crippen molar-refractivity contribution in [2.75, 3.05) is 38.2 Å². The van der Waals surface area contributed by atoms with E-state index in [2.05, 4.69) is 95.1 Å². The van der Waals surface area contributed by atoms with Gasteiger partial charge < -0.3 is 15.0 Å². The predicted molar refractivity (Wildman–Crippen MR) is 172 cm³/mol. The van der Waals surface area contributed by atoms with Gasteiger partial charge in [0.15, 0.2) is 5.82 Å². The molecule has 0 bridgehead atoms. The number of aromatic nitrogens is 2. The summed E-state index contributed by atoms with van der Waals surface area (Å²) in [5.74, 6) is 2.25. The Labute approximate surface area is 246 Å². The molecule has 5 heteroatoms. The van der Waals surface area contributed by atoms with Gasteiger partial charge in [-0.1, -0.05) is 84.9 Å². The van der Waals surface area contributed by atoms with Crippen LogP contribution >= 0.6 is 0 Å². The number of nitrogens with zero attached hydrogens (tertiary/aromatic N) is 3. The standard InChI is InChI=1S/C37H34N4O/c1-42-36-27-9-5-3-7-25(27)11-13-33(36)32-17-15-30-29-12-10-24-6-2-4-8-26(24)28(29)14-16-31(30)34(32)35-37(40-19-18-39-35)41-22-20-38-21-23-41/h2-14,16,18-19,32,34,38H,15,17,20-23H2,1H3. The number of nitrogens with one attached hydrogen (secondary N) is 1. The molecule has 1 saturated heterocycles. The van der Waals surface area contributed by atoms with Gasteiger partial charge in [0.05, 0.1) is 12.8 Å². The number of hydrogen-bond donors (Lipinski definition) is 1. The van der Waals surface area contributed by atoms with Crippen molar-refractivity contribution in [3.05, 3.63) is 120 Å². The summed E-state index contributed by atoms with van der Waals surface area (Å²) in [5.41, 5.74) is 5.13. The van der Waals surface area contributed by atoms with Crippen LogP contribution in [0.5, 0.6) is 5.75 Å². The molecular formula is C37H34N4O. The zero-order chi connectivity index (χ0) is 28.0. The molecule has 5 nitrogen and oxygen atoms in total. The second kappa shape index (κ2) is 10.4. The van der Waals surface area contributed by atoms with Crippen molar-refractivity contribution in [1.82, 2.24) is 15.3 Å². The monoisotopic (exact) mass is 550 g/mol. The lowest BCUT2D eigenvalue weighted by Crippen LogP contribution is -2.44. The molecule has 2 atom stereocenters. The molecule has 1 fully saturated rings. The van der Waals surface area contributed by atoms with Gasteiger partial charge in [-0.3, -0.25) is 4.98 Å². The van der Waals surface area contributed by atoms with Crippen molar-refractivity contribution >= 4 is 38.1 Å². The average Bonchev–Trinajstić information content (AvgIpc) is 3.07. The summed E-state index contributed by atoms with van der Waals surface area (Å²) in [6.07, 6.45) is 5.74. The van der Waals surface area contributed by atoms with E-state index in [0.29, 0.717) is 0 Å². The van der Waals surface area contributed by atoms with Gasteiger partial charge in [0, 0.05) is 55.8 Å². The largest absolute Gasteiger partial charge is 0.496 e. The van der Waals surface area contributed by atoms with Crippen LogP contribution in [0.1, 0.15) is 40.6 Å². The van der Waals surface area contributed by atoms with E-state index in [9.17, 15) is 0 Å². The molecule has 1 aliphatic heterocycles. The SMILES string of the molecule is COc1c(C2CCc3c(ccc4c3ccc3ccccc34)C2c2nccnc2N2CCNCC2)ccc2ccccc12. The summed E-state index contributed by atoms with van der Waals surface area (Å²) in [6.45, 7) is 3.77. The van der Waals surface area contributed by atoms with Gasteiger partial charge in [0.25, 0.3) is 0 Å². The molecule has 0 spiro atoms. The Balaban J connectivity index is 1.37. The zero-order valence-corrected chi connectivity index (χ0v) is 23.9. The van der Waals surface area contributed by atoms with E-state index in [1.54, 1.807) is 0 Å². The van der Waals surface area contributed by atoms with Crippen LogP contribution in [0.3, 0.4) is 0 Å². The predicted octanol–water partition coefficient (Wildman–Crippen LogP) is 7.22. The highest BCUT2D eigenvalue weighted by Crippen LogP contribution is 2.52. The lowest BCUT2D eigenvalue weighted by Gasteiger charge is -2.38. The molecule has 2 aliphatic rings. The molecule has 5 aromatic carbocycles. The normalized spacial score (nSPS) is 18.8. The minimum absolute atomic E-state index is 0.0540. The summed E-state index contributed by atoms with van der Waals surface area (Å²) in [5, 5.41) is 11.1. The molecule has 1 aromatic heterocycles. The summed E-state index contributed by atoms with van der Waals surface area (Å²) < 4.78 is 6.19. The van der Waals surface area contributed by atoms with Gasteiger partial charge in [-0.05, 0) is 56.5 Å². The van der Waals surface area contributed by atoms with Gasteiger partial charge in [-0.2, -0.15) is 0 Å². The van der Waals surface area contributed by atoms with Crippen LogP contribution in [0.4, 0.5) is 5.82 Å². The Morgan fingerprint density at radius 3 is 2.24 bits per heavy atom. The third kappa shape index (κ3) is 4.03. The van der Waals surface area contributed by atoms with E-state index in [1.807, 2.05) is 19.5 Å². The quantitative estimate of drug-likeness (QED) is 0.235. The summed E-state index contributed by atoms with van der Waals surface area (Å²) in [7, 11) is 1.81. The third-order valence-electron chi connectivity index (χ3n) is 9.45. The first-order valence-electron chi connectivity index (χ1n) is 15.1. The van der Waals surface area contributed by atoms with Crippen molar-refractivity contribution in [3.8, 4) is 5.75 Å². The van der Waals surface area contributed by atoms with Crippen molar-refractivity contribution in [2.45, 2.75) is 24.7 Å². The first kappa shape index (κ1) is 25.2. The van der Waals surface area contributed by atoms with Gasteiger partial charge in [-0.25, -0.2) is 4.98 Å². The lowest BCUT2D eigenvalue weighted by molar-refractivity contribution is 0.402. The number of hydrogen-bond acceptors (Lipinski definition) is 5. The number of benzene rings is 5. The number of rotatable bonds is 4. The fraction of sp³-hybridized carbons (Fsp3) is 0.243. The van der Waals surface area contributed by atoms with Crippen LogP contribution in [0, 0.1) is 0 Å². The Kier molecular flexibility index (Phi) is 6.26. The number of piperazine rings is 1. The van der Waals surface area contributed by atoms with Crippen LogP contribution in [0.15, 0.2) is 97.3 Å². The highest BCUT2D eigenvalue weighted by molar-refractivity contribution is 6.09. The maximum absolute atomic E-state index is 6.19. The van der Waals surface area contributed by atoms with Crippen molar-refractivity contribution < 1.29 is 4.74 Å². The molecule has 0 saturated carbocycles. The van der Waals surface area contributed by atoms with Crippen molar-refractivity contribution in [2.24, 2.45) is 0 Å². The van der Waals surface area contributed by atoms with E-state index in [4.69, 9.17) is 14.7 Å². The number of anilines is 1. The Morgan fingerprint density at radius 2 is 1.40 bits per heavy atom. The van der Waals surface area contributed by atoms with E-state index in [0.717, 1.165) is 61.7 Å². The minimum atomic E-state index is 0.0540. The molecule has 6 aromatic rings. The molecule has 2 unspecified atom stereocenters. The van der Waals surface area contributed by atoms with Crippen LogP contribution < -0.4 is 15.0 Å². The van der Waals surface area contributed by atoms with E-state index < -0.39 is 0 Å². The highest BCUT2D eigenvalue weighted by atomic mass is 16.5. The minimum Gasteiger partial charge on any atom is -0.496 e. The maximum Gasteiger partial charge on any atom is 0.151 e. The fourth-order valence-electron chi connectivity index (χ4n) is 7.55. The molecule has 1 N–H and O–H groups in total. The summed E-state index contributed by atoms with van der Waals surface area (Å²) in [6, 6.07) is 31.1. The van der Waals surface area contributed by atoms with E-state index in [-0.39, 0.29) is 11.8 Å². The number of fused-ring (bicyclic) bond motifs is 6. The van der Waals surface area contributed by atoms with Crippen molar-refractivity contribution in [3.63, 3.8) is 0 Å². The molecule has 42 heavy (non-hydrogen) atoms. The second-order valence-electron chi connectivity index (χ2n) is 11.5. The lowest BCUT2D eigenvalue weighted by atomic mass is 9.69. The summed E-state index contributed by atoms with van der Waals surface area (Å²) >= 11 is 0. The smallest absolute Gasteiger partial charge is 0.151 e. The third-order valence-corrected chi connectivity index (χ3v) is 9.45. The Morgan fingerprint density at radius 1 is 0.714 bits per heavy atom. The fourth-order valence-corrected chi connectivity index (χ4v) is 7.55. The van der Waals surface area contributed by atoms with Crippen LogP contribution in [0.25, 0.3) is 32.3 Å². The first-order valence-corrected chi connectivity index (χ1v) is 15.1. The molecule has 2 heterocycles. The Bertz CT molecular complexity index is 1940. The van der Waals surface area contributed by atoms with Gasteiger partial charge in [-0.15, -0.1) is 0 Å². The molecule has 0 radical (unpaired) electrons. The Hall–Kier alpha value is -4.48.